The Kier molecular flexibility index (Phi) is 5.27. The van der Waals surface area contributed by atoms with Crippen molar-refractivity contribution in [3.05, 3.63) is 59.7 Å². The minimum absolute atomic E-state index is 0.130. The van der Waals surface area contributed by atoms with Crippen LogP contribution < -0.4 is 9.64 Å². The van der Waals surface area contributed by atoms with Crippen LogP contribution in [0, 0.1) is 11.3 Å². The first-order valence-electron chi connectivity index (χ1n) is 9.95. The molecule has 1 atom stereocenters. The highest BCUT2D eigenvalue weighted by atomic mass is 16.5. The van der Waals surface area contributed by atoms with Crippen LogP contribution in [0.4, 0.5) is 5.69 Å². The maximum Gasteiger partial charge on any atom is 0.237 e. The highest BCUT2D eigenvalue weighted by Gasteiger charge is 2.50. The van der Waals surface area contributed by atoms with Crippen molar-refractivity contribution in [1.29, 1.82) is 5.26 Å². The number of fused-ring (bicyclic) bond motifs is 2. The fourth-order valence-corrected chi connectivity index (χ4v) is 4.54. The normalized spacial score (nSPS) is 19.1. The molecule has 0 saturated carbocycles. The molecule has 6 nitrogen and oxygen atoms in total. The summed E-state index contributed by atoms with van der Waals surface area (Å²) in [5, 5.41) is 19.5. The molecule has 2 aliphatic rings. The largest absolute Gasteiger partial charge is 0.489 e. The number of likely N-dealkylation sites (N-methyl/N-ethyl adjacent to an activating group) is 1. The summed E-state index contributed by atoms with van der Waals surface area (Å²) >= 11 is 0. The van der Waals surface area contributed by atoms with Gasteiger partial charge in [0, 0.05) is 19.3 Å². The Balaban J connectivity index is 1.35. The molecule has 1 N–H and O–H groups in total. The van der Waals surface area contributed by atoms with E-state index in [4.69, 9.17) is 10.00 Å². The third-order valence-electron chi connectivity index (χ3n) is 6.11. The van der Waals surface area contributed by atoms with E-state index in [0.29, 0.717) is 17.9 Å². The molecule has 0 radical (unpaired) electrons. The van der Waals surface area contributed by atoms with Gasteiger partial charge in [0.15, 0.2) is 0 Å². The number of piperidine rings is 1. The summed E-state index contributed by atoms with van der Waals surface area (Å²) in [5.74, 6) is 0.665. The second kappa shape index (κ2) is 7.86. The number of β-amino-alcohol motifs (C(OH)–C–C–N with tert-alkyl or cyclic N) is 1. The van der Waals surface area contributed by atoms with Crippen LogP contribution in [0.15, 0.2) is 48.5 Å². The monoisotopic (exact) mass is 391 g/mol. The number of ether oxygens (including phenoxy) is 1. The number of para-hydroxylation sites is 2. The van der Waals surface area contributed by atoms with Crippen molar-refractivity contribution < 1.29 is 14.6 Å². The molecule has 0 bridgehead atoms. The van der Waals surface area contributed by atoms with Crippen LogP contribution in [0.3, 0.4) is 0 Å². The molecule has 1 fully saturated rings. The molecule has 29 heavy (non-hydrogen) atoms. The number of rotatable bonds is 5. The number of aliphatic hydroxyl groups is 1. The van der Waals surface area contributed by atoms with Crippen molar-refractivity contribution in [2.24, 2.45) is 0 Å². The van der Waals surface area contributed by atoms with E-state index in [9.17, 15) is 9.90 Å². The highest BCUT2D eigenvalue weighted by Crippen LogP contribution is 2.47. The van der Waals surface area contributed by atoms with E-state index < -0.39 is 11.5 Å². The van der Waals surface area contributed by atoms with Crippen molar-refractivity contribution in [3.8, 4) is 11.8 Å². The van der Waals surface area contributed by atoms with Gasteiger partial charge in [0.2, 0.25) is 5.91 Å². The Morgan fingerprint density at radius 1 is 1.17 bits per heavy atom. The molecule has 0 aliphatic carbocycles. The van der Waals surface area contributed by atoms with E-state index in [1.54, 1.807) is 29.2 Å². The van der Waals surface area contributed by atoms with Gasteiger partial charge in [-0.15, -0.1) is 0 Å². The summed E-state index contributed by atoms with van der Waals surface area (Å²) in [6, 6.07) is 17.2. The van der Waals surface area contributed by atoms with Gasteiger partial charge in [-0.3, -0.25) is 4.79 Å². The summed E-state index contributed by atoms with van der Waals surface area (Å²) in [6.45, 7) is 2.11. The lowest BCUT2D eigenvalue weighted by molar-refractivity contribution is -0.124. The fraction of sp³-hybridized carbons (Fsp3) is 0.391. The first-order chi connectivity index (χ1) is 14.0. The van der Waals surface area contributed by atoms with E-state index in [1.807, 2.05) is 25.2 Å². The number of carbonyl (C=O) groups is 1. The summed E-state index contributed by atoms with van der Waals surface area (Å²) in [5.41, 5.74) is 2.16. The number of nitriles is 1. The zero-order valence-corrected chi connectivity index (χ0v) is 16.5. The maximum absolute atomic E-state index is 13.0. The molecule has 2 heterocycles. The summed E-state index contributed by atoms with van der Waals surface area (Å²) < 4.78 is 5.64. The molecule has 150 valence electrons. The number of likely N-dealkylation sites (tertiary alicyclic amines) is 1. The predicted octanol–water partition coefficient (Wildman–Crippen LogP) is 2.31. The molecule has 1 saturated heterocycles. The lowest BCUT2D eigenvalue weighted by Crippen LogP contribution is -2.49. The maximum atomic E-state index is 13.0. The second-order valence-corrected chi connectivity index (χ2v) is 7.84. The number of hydrogen-bond donors (Lipinski definition) is 1. The van der Waals surface area contributed by atoms with E-state index >= 15 is 0 Å². The lowest BCUT2D eigenvalue weighted by atomic mass is 9.73. The van der Waals surface area contributed by atoms with Crippen molar-refractivity contribution in [3.63, 3.8) is 0 Å². The summed E-state index contributed by atoms with van der Waals surface area (Å²) in [6.07, 6.45) is 0.834. The molecule has 0 aromatic heterocycles. The average molecular weight is 391 g/mol. The van der Waals surface area contributed by atoms with Gasteiger partial charge in [-0.05, 0) is 49.7 Å². The van der Waals surface area contributed by atoms with E-state index in [1.165, 1.54) is 0 Å². The lowest BCUT2D eigenvalue weighted by Gasteiger charge is -2.39. The van der Waals surface area contributed by atoms with Crippen LogP contribution in [0.25, 0.3) is 0 Å². The molecule has 1 amide bonds. The topological polar surface area (TPSA) is 76.8 Å². The van der Waals surface area contributed by atoms with Crippen molar-refractivity contribution in [2.45, 2.75) is 24.4 Å². The average Bonchev–Trinajstić information content (AvgIpc) is 2.96. The van der Waals surface area contributed by atoms with Gasteiger partial charge >= 0.3 is 0 Å². The van der Waals surface area contributed by atoms with Gasteiger partial charge in [-0.2, -0.15) is 5.26 Å². The van der Waals surface area contributed by atoms with Gasteiger partial charge < -0.3 is 19.6 Å². The number of nitrogens with zero attached hydrogens (tertiary/aromatic N) is 3. The van der Waals surface area contributed by atoms with Gasteiger partial charge in [-0.25, -0.2) is 0 Å². The Hall–Kier alpha value is -2.88. The van der Waals surface area contributed by atoms with Crippen LogP contribution >= 0.6 is 0 Å². The number of amides is 1. The highest BCUT2D eigenvalue weighted by molar-refractivity contribution is 6.07. The van der Waals surface area contributed by atoms with Crippen LogP contribution in [0.1, 0.15) is 24.0 Å². The first kappa shape index (κ1) is 19.4. The molecular weight excluding hydrogens is 366 g/mol. The number of hydrogen-bond acceptors (Lipinski definition) is 5. The standard InChI is InChI=1S/C23H25N3O3/c1-25-20-8-4-3-7-19(20)23(22(25)28)10-12-26(13-11-23)15-18(27)16-29-21-9-5-2-6-17(21)14-24/h2-9,18,27H,10-13,15-16H2,1H3. The quantitative estimate of drug-likeness (QED) is 0.846. The van der Waals surface area contributed by atoms with Gasteiger partial charge in [0.25, 0.3) is 0 Å². The third-order valence-corrected chi connectivity index (χ3v) is 6.11. The third kappa shape index (κ3) is 3.48. The minimum Gasteiger partial charge on any atom is -0.489 e. The van der Waals surface area contributed by atoms with Crippen LogP contribution in [-0.2, 0) is 10.2 Å². The molecule has 6 heteroatoms. The van der Waals surface area contributed by atoms with E-state index in [-0.39, 0.29) is 12.5 Å². The summed E-state index contributed by atoms with van der Waals surface area (Å²) in [7, 11) is 1.85. The Morgan fingerprint density at radius 2 is 1.86 bits per heavy atom. The fourth-order valence-electron chi connectivity index (χ4n) is 4.54. The van der Waals surface area contributed by atoms with Crippen LogP contribution in [0.2, 0.25) is 0 Å². The Morgan fingerprint density at radius 3 is 2.62 bits per heavy atom. The number of benzene rings is 2. The molecular formula is C23H25N3O3. The zero-order chi connectivity index (χ0) is 20.4. The molecule has 4 rings (SSSR count). The van der Waals surface area contributed by atoms with Crippen LogP contribution in [-0.4, -0.2) is 55.3 Å². The Bertz CT molecular complexity index is 944. The molecule has 1 spiro atoms. The second-order valence-electron chi connectivity index (χ2n) is 7.84. The zero-order valence-electron chi connectivity index (χ0n) is 16.5. The SMILES string of the molecule is CN1C(=O)C2(CCN(CC(O)COc3ccccc3C#N)CC2)c2ccccc21. The van der Waals surface area contributed by atoms with E-state index in [2.05, 4.69) is 17.0 Å². The predicted molar refractivity (Wildman–Crippen MR) is 110 cm³/mol. The molecule has 2 aromatic rings. The van der Waals surface area contributed by atoms with Gasteiger partial charge in [0.05, 0.1) is 11.0 Å². The van der Waals surface area contributed by atoms with Crippen LogP contribution in [0.5, 0.6) is 5.75 Å². The minimum atomic E-state index is -0.662. The number of aliphatic hydroxyl groups excluding tert-OH is 1. The van der Waals surface area contributed by atoms with Crippen molar-refractivity contribution >= 4 is 11.6 Å². The van der Waals surface area contributed by atoms with Gasteiger partial charge in [0.1, 0.15) is 24.5 Å². The first-order valence-corrected chi connectivity index (χ1v) is 9.95. The smallest absolute Gasteiger partial charge is 0.237 e. The van der Waals surface area contributed by atoms with E-state index in [0.717, 1.165) is 37.2 Å². The number of anilines is 1. The number of carbonyl (C=O) groups excluding carboxylic acids is 1. The van der Waals surface area contributed by atoms with Gasteiger partial charge in [-0.1, -0.05) is 30.3 Å². The Labute approximate surface area is 170 Å². The molecule has 2 aliphatic heterocycles. The molecule has 1 unspecified atom stereocenters. The van der Waals surface area contributed by atoms with Crippen molar-refractivity contribution in [1.82, 2.24) is 4.90 Å². The molecule has 2 aromatic carbocycles. The van der Waals surface area contributed by atoms with Crippen molar-refractivity contribution in [2.75, 3.05) is 38.2 Å². The summed E-state index contributed by atoms with van der Waals surface area (Å²) in [4.78, 5) is 17.0.